The standard InChI is InChI=1S/C10H9Br5O2/c1-9(17-2,10(13,14)15)5-3-6(11)8(16)7(12)4-5/h3-4,16H,1-2H3. The molecule has 1 rings (SSSR count). The summed E-state index contributed by atoms with van der Waals surface area (Å²) in [6, 6.07) is 3.62. The van der Waals surface area contributed by atoms with Crippen LogP contribution in [0.2, 0.25) is 0 Å². The number of benzene rings is 1. The van der Waals surface area contributed by atoms with Gasteiger partial charge in [0.2, 0.25) is 0 Å². The van der Waals surface area contributed by atoms with Crippen molar-refractivity contribution in [1.82, 2.24) is 0 Å². The molecule has 2 nitrogen and oxygen atoms in total. The number of hydrogen-bond donors (Lipinski definition) is 1. The third-order valence-electron chi connectivity index (χ3n) is 2.52. The third kappa shape index (κ3) is 3.28. The molecular weight excluding hydrogens is 552 g/mol. The highest BCUT2D eigenvalue weighted by molar-refractivity contribution is 9.39. The van der Waals surface area contributed by atoms with E-state index in [2.05, 4.69) is 79.6 Å². The maximum absolute atomic E-state index is 9.70. The molecule has 7 heteroatoms. The van der Waals surface area contributed by atoms with E-state index in [1.54, 1.807) is 7.11 Å². The molecule has 0 fully saturated rings. The van der Waals surface area contributed by atoms with Gasteiger partial charge in [-0.25, -0.2) is 0 Å². The Balaban J connectivity index is 3.42. The van der Waals surface area contributed by atoms with Gasteiger partial charge in [0, 0.05) is 7.11 Å². The molecule has 1 aromatic rings. The highest BCUT2D eigenvalue weighted by atomic mass is 80.0. The number of phenols is 1. The number of methoxy groups -OCH3 is 1. The monoisotopic (exact) mass is 556 g/mol. The lowest BCUT2D eigenvalue weighted by Crippen LogP contribution is -2.37. The van der Waals surface area contributed by atoms with E-state index in [-0.39, 0.29) is 5.75 Å². The predicted molar refractivity (Wildman–Crippen MR) is 87.4 cm³/mol. The van der Waals surface area contributed by atoms with E-state index >= 15 is 0 Å². The van der Waals surface area contributed by atoms with Crippen molar-refractivity contribution in [2.45, 2.75) is 14.7 Å². The van der Waals surface area contributed by atoms with Crippen LogP contribution in [-0.2, 0) is 10.3 Å². The molecule has 0 aliphatic heterocycles. The van der Waals surface area contributed by atoms with Gasteiger partial charge in [0.05, 0.1) is 8.95 Å². The third-order valence-corrected chi connectivity index (χ3v) is 6.00. The van der Waals surface area contributed by atoms with Gasteiger partial charge in [-0.3, -0.25) is 0 Å². The summed E-state index contributed by atoms with van der Waals surface area (Å²) in [7, 11) is 1.62. The second-order valence-corrected chi connectivity index (χ2v) is 12.0. The minimum atomic E-state index is -0.675. The molecule has 0 radical (unpaired) electrons. The van der Waals surface area contributed by atoms with E-state index in [1.165, 1.54) is 0 Å². The first-order valence-corrected chi connectivity index (χ1v) is 8.40. The zero-order chi connectivity index (χ0) is 13.4. The lowest BCUT2D eigenvalue weighted by atomic mass is 9.98. The van der Waals surface area contributed by atoms with Gasteiger partial charge in [0.1, 0.15) is 11.4 Å². The highest BCUT2D eigenvalue weighted by Gasteiger charge is 2.45. The Morgan fingerprint density at radius 1 is 1.12 bits per heavy atom. The van der Waals surface area contributed by atoms with Crippen LogP contribution in [0.15, 0.2) is 21.1 Å². The molecule has 0 aliphatic rings. The molecule has 0 amide bonds. The zero-order valence-electron chi connectivity index (χ0n) is 8.90. The minimum absolute atomic E-state index is 0.163. The molecule has 0 spiro atoms. The average Bonchev–Trinajstić information content (AvgIpc) is 2.22. The van der Waals surface area contributed by atoms with Crippen LogP contribution in [0, 0.1) is 0 Å². The van der Waals surface area contributed by atoms with Crippen LogP contribution in [0.3, 0.4) is 0 Å². The number of halogens is 5. The van der Waals surface area contributed by atoms with Crippen molar-refractivity contribution in [1.29, 1.82) is 0 Å². The zero-order valence-corrected chi connectivity index (χ0v) is 16.8. The van der Waals surface area contributed by atoms with Gasteiger partial charge in [0.25, 0.3) is 0 Å². The SMILES string of the molecule is COC(C)(c1cc(Br)c(O)c(Br)c1)C(Br)(Br)Br. The molecule has 1 atom stereocenters. The molecule has 0 bridgehead atoms. The number of aromatic hydroxyl groups is 1. The Kier molecular flexibility index (Phi) is 5.60. The van der Waals surface area contributed by atoms with E-state index in [0.29, 0.717) is 8.95 Å². The van der Waals surface area contributed by atoms with Gasteiger partial charge < -0.3 is 9.84 Å². The van der Waals surface area contributed by atoms with E-state index in [9.17, 15) is 5.11 Å². The van der Waals surface area contributed by atoms with Gasteiger partial charge in [-0.1, -0.05) is 47.8 Å². The Morgan fingerprint density at radius 3 is 1.82 bits per heavy atom. The summed E-state index contributed by atoms with van der Waals surface area (Å²) in [5.41, 5.74) is 0.202. The molecule has 96 valence electrons. The summed E-state index contributed by atoms with van der Waals surface area (Å²) in [5, 5.41) is 9.70. The average molecular weight is 561 g/mol. The summed E-state index contributed by atoms with van der Waals surface area (Å²) >= 11 is 17.1. The van der Waals surface area contributed by atoms with Crippen LogP contribution >= 0.6 is 79.6 Å². The van der Waals surface area contributed by atoms with Crippen molar-refractivity contribution >= 4 is 79.6 Å². The first-order chi connectivity index (χ1) is 7.63. The molecule has 17 heavy (non-hydrogen) atoms. The quantitative estimate of drug-likeness (QED) is 0.476. The van der Waals surface area contributed by atoms with Crippen LogP contribution < -0.4 is 0 Å². The van der Waals surface area contributed by atoms with E-state index in [4.69, 9.17) is 4.74 Å². The summed E-state index contributed by atoms with van der Waals surface area (Å²) < 4.78 is 6.15. The number of ether oxygens (including phenoxy) is 1. The number of phenolic OH excluding ortho intramolecular Hbond substituents is 1. The molecule has 1 unspecified atom stereocenters. The Bertz CT molecular complexity index is 406. The van der Waals surface area contributed by atoms with Gasteiger partial charge in [-0.15, -0.1) is 0 Å². The number of alkyl halides is 3. The van der Waals surface area contributed by atoms with Crippen LogP contribution in [0.25, 0.3) is 0 Å². The molecule has 1 aromatic carbocycles. The van der Waals surface area contributed by atoms with Gasteiger partial charge in [-0.2, -0.15) is 0 Å². The largest absolute Gasteiger partial charge is 0.506 e. The summed E-state index contributed by atoms with van der Waals surface area (Å²) in [6.07, 6.45) is 0. The Labute approximate surface area is 142 Å². The van der Waals surface area contributed by atoms with Crippen LogP contribution in [0.5, 0.6) is 5.75 Å². The summed E-state index contributed by atoms with van der Waals surface area (Å²) in [6.45, 7) is 1.91. The summed E-state index contributed by atoms with van der Waals surface area (Å²) in [5.74, 6) is 0.163. The van der Waals surface area contributed by atoms with E-state index < -0.39 is 7.74 Å². The van der Waals surface area contributed by atoms with Gasteiger partial charge in [-0.05, 0) is 56.5 Å². The minimum Gasteiger partial charge on any atom is -0.506 e. The molecule has 0 saturated carbocycles. The van der Waals surface area contributed by atoms with Gasteiger partial charge >= 0.3 is 0 Å². The lowest BCUT2D eigenvalue weighted by Gasteiger charge is -2.36. The van der Waals surface area contributed by atoms with Crippen LogP contribution in [0.4, 0.5) is 0 Å². The van der Waals surface area contributed by atoms with Crippen molar-refractivity contribution in [2.75, 3.05) is 7.11 Å². The summed E-state index contributed by atoms with van der Waals surface area (Å²) in [4.78, 5) is 0. The Morgan fingerprint density at radius 2 is 1.53 bits per heavy atom. The van der Waals surface area contributed by atoms with Crippen LogP contribution in [-0.4, -0.2) is 14.4 Å². The second-order valence-electron chi connectivity index (χ2n) is 3.52. The Hall–Kier alpha value is 1.38. The first kappa shape index (κ1) is 16.4. The van der Waals surface area contributed by atoms with Gasteiger partial charge in [0.15, 0.2) is 2.14 Å². The van der Waals surface area contributed by atoms with Crippen molar-refractivity contribution in [3.8, 4) is 5.75 Å². The maximum Gasteiger partial charge on any atom is 0.167 e. The smallest absolute Gasteiger partial charge is 0.167 e. The predicted octanol–water partition coefficient (Wildman–Crippen LogP) is 5.62. The number of hydrogen-bond acceptors (Lipinski definition) is 2. The molecule has 0 aromatic heterocycles. The second kappa shape index (κ2) is 5.79. The van der Waals surface area contributed by atoms with E-state index in [1.807, 2.05) is 19.1 Å². The fourth-order valence-electron chi connectivity index (χ4n) is 1.24. The van der Waals surface area contributed by atoms with Crippen molar-refractivity contribution < 1.29 is 9.84 Å². The lowest BCUT2D eigenvalue weighted by molar-refractivity contribution is 0.0141. The highest BCUT2D eigenvalue weighted by Crippen LogP contribution is 2.52. The van der Waals surface area contributed by atoms with Crippen LogP contribution in [0.1, 0.15) is 12.5 Å². The number of rotatable bonds is 2. The molecule has 0 heterocycles. The molecular formula is C10H9Br5O2. The fourth-order valence-corrected chi connectivity index (χ4v) is 3.60. The molecule has 1 N–H and O–H groups in total. The topological polar surface area (TPSA) is 29.5 Å². The van der Waals surface area contributed by atoms with Crippen molar-refractivity contribution in [2.24, 2.45) is 0 Å². The molecule has 0 saturated heterocycles. The van der Waals surface area contributed by atoms with E-state index in [0.717, 1.165) is 5.56 Å². The maximum atomic E-state index is 9.70. The van der Waals surface area contributed by atoms with Crippen molar-refractivity contribution in [3.63, 3.8) is 0 Å². The van der Waals surface area contributed by atoms with Crippen molar-refractivity contribution in [3.05, 3.63) is 26.6 Å². The first-order valence-electron chi connectivity index (χ1n) is 4.44. The molecule has 0 aliphatic carbocycles. The normalized spacial score (nSPS) is 15.7. The fraction of sp³-hybridized carbons (Fsp3) is 0.400.